The molecule has 1 aromatic carbocycles. The van der Waals surface area contributed by atoms with Crippen LogP contribution in [0.4, 0.5) is 0 Å². The van der Waals surface area contributed by atoms with E-state index in [1.807, 2.05) is 36.6 Å². The summed E-state index contributed by atoms with van der Waals surface area (Å²) < 4.78 is 3.48. The number of hydrogen-bond donors (Lipinski definition) is 0. The molecule has 0 saturated heterocycles. The van der Waals surface area contributed by atoms with Crippen LogP contribution >= 0.6 is 11.3 Å². The molecule has 0 fully saturated rings. The highest BCUT2D eigenvalue weighted by Gasteiger charge is 2.13. The first-order chi connectivity index (χ1) is 9.24. The zero-order valence-electron chi connectivity index (χ0n) is 10.4. The number of hydrogen-bond acceptors (Lipinski definition) is 3. The fourth-order valence-corrected chi connectivity index (χ4v) is 3.02. The predicted octanol–water partition coefficient (Wildman–Crippen LogP) is 2.23. The molecule has 0 radical (unpaired) electrons. The summed E-state index contributed by atoms with van der Waals surface area (Å²) in [6.07, 6.45) is 0. The van der Waals surface area contributed by atoms with E-state index in [2.05, 4.69) is 0 Å². The van der Waals surface area contributed by atoms with E-state index in [1.54, 1.807) is 16.7 Å². The Bertz CT molecular complexity index is 843. The molecule has 2 aromatic heterocycles. The molecule has 0 N–H and O–H groups in total. The third kappa shape index (κ3) is 1.74. The minimum atomic E-state index is -0.287. The summed E-state index contributed by atoms with van der Waals surface area (Å²) in [4.78, 5) is 24.9. The number of fused-ring (bicyclic) bond motifs is 1. The lowest BCUT2D eigenvalue weighted by Crippen LogP contribution is -2.38. The van der Waals surface area contributed by atoms with Crippen LogP contribution in [0.3, 0.4) is 0 Å². The number of aryl methyl sites for hydroxylation is 1. The van der Waals surface area contributed by atoms with Crippen LogP contribution in [0.5, 0.6) is 0 Å². The molecule has 0 aliphatic rings. The van der Waals surface area contributed by atoms with E-state index < -0.39 is 0 Å². The van der Waals surface area contributed by atoms with Gasteiger partial charge in [-0.2, -0.15) is 0 Å². The highest BCUT2D eigenvalue weighted by atomic mass is 32.1. The molecule has 0 unspecified atom stereocenters. The fraction of sp³-hybridized carbons (Fsp3) is 0.143. The Morgan fingerprint density at radius 1 is 1.11 bits per heavy atom. The van der Waals surface area contributed by atoms with Gasteiger partial charge in [0.1, 0.15) is 4.70 Å². The normalized spacial score (nSPS) is 11.0. The van der Waals surface area contributed by atoms with Gasteiger partial charge >= 0.3 is 5.69 Å². The lowest BCUT2D eigenvalue weighted by atomic mass is 10.3. The van der Waals surface area contributed by atoms with Gasteiger partial charge in [0.2, 0.25) is 0 Å². The van der Waals surface area contributed by atoms with Gasteiger partial charge in [-0.05, 0) is 30.5 Å². The van der Waals surface area contributed by atoms with Gasteiger partial charge in [0.15, 0.2) is 0 Å². The average Bonchev–Trinajstić information content (AvgIpc) is 2.90. The highest BCUT2D eigenvalue weighted by molar-refractivity contribution is 7.17. The molecule has 0 spiro atoms. The molecule has 19 heavy (non-hydrogen) atoms. The van der Waals surface area contributed by atoms with Crippen molar-refractivity contribution in [1.29, 1.82) is 0 Å². The van der Waals surface area contributed by atoms with Gasteiger partial charge in [0.05, 0.1) is 11.2 Å². The molecule has 3 aromatic rings. The van der Waals surface area contributed by atoms with Crippen LogP contribution in [-0.2, 0) is 6.54 Å². The van der Waals surface area contributed by atoms with Crippen LogP contribution in [0.15, 0.2) is 51.4 Å². The number of benzene rings is 1. The molecule has 0 saturated carbocycles. The van der Waals surface area contributed by atoms with Crippen molar-refractivity contribution in [3.05, 3.63) is 62.6 Å². The quantitative estimate of drug-likeness (QED) is 0.718. The van der Waals surface area contributed by atoms with E-state index >= 15 is 0 Å². The number of nitrogens with zero attached hydrogens (tertiary/aromatic N) is 2. The van der Waals surface area contributed by atoms with E-state index in [-0.39, 0.29) is 11.2 Å². The van der Waals surface area contributed by atoms with Crippen LogP contribution in [-0.4, -0.2) is 9.13 Å². The minimum Gasteiger partial charge on any atom is -0.292 e. The SMILES string of the molecule is CCn1c(=O)n(-c2ccccc2)c(=O)c2sccc21. The summed E-state index contributed by atoms with van der Waals surface area (Å²) in [7, 11) is 0. The van der Waals surface area contributed by atoms with Crippen molar-refractivity contribution in [1.82, 2.24) is 9.13 Å². The van der Waals surface area contributed by atoms with Crippen molar-refractivity contribution in [2.24, 2.45) is 0 Å². The van der Waals surface area contributed by atoms with Crippen molar-refractivity contribution in [2.45, 2.75) is 13.5 Å². The van der Waals surface area contributed by atoms with Crippen LogP contribution in [0.25, 0.3) is 15.9 Å². The molecular weight excluding hydrogens is 260 g/mol. The van der Waals surface area contributed by atoms with E-state index in [9.17, 15) is 9.59 Å². The molecule has 4 nitrogen and oxygen atoms in total. The Labute approximate surface area is 113 Å². The maximum absolute atomic E-state index is 12.5. The highest BCUT2D eigenvalue weighted by Crippen LogP contribution is 2.16. The maximum Gasteiger partial charge on any atom is 0.336 e. The van der Waals surface area contributed by atoms with Gasteiger partial charge in [-0.15, -0.1) is 11.3 Å². The fourth-order valence-electron chi connectivity index (χ4n) is 2.20. The topological polar surface area (TPSA) is 44.0 Å². The molecule has 0 atom stereocenters. The van der Waals surface area contributed by atoms with Gasteiger partial charge in [-0.1, -0.05) is 18.2 Å². The van der Waals surface area contributed by atoms with Crippen molar-refractivity contribution < 1.29 is 0 Å². The number of para-hydroxylation sites is 1. The Balaban J connectivity index is 2.50. The van der Waals surface area contributed by atoms with Crippen LogP contribution in [0, 0.1) is 0 Å². The molecule has 96 valence electrons. The van der Waals surface area contributed by atoms with Crippen LogP contribution in [0.1, 0.15) is 6.92 Å². The van der Waals surface area contributed by atoms with Gasteiger partial charge < -0.3 is 0 Å². The Morgan fingerprint density at radius 3 is 2.53 bits per heavy atom. The summed E-state index contributed by atoms with van der Waals surface area (Å²) in [6, 6.07) is 10.8. The molecule has 0 amide bonds. The van der Waals surface area contributed by atoms with Crippen LogP contribution < -0.4 is 11.2 Å². The minimum absolute atomic E-state index is 0.245. The van der Waals surface area contributed by atoms with E-state index in [4.69, 9.17) is 0 Å². The first-order valence-electron chi connectivity index (χ1n) is 6.02. The Morgan fingerprint density at radius 2 is 1.84 bits per heavy atom. The smallest absolute Gasteiger partial charge is 0.292 e. The second-order valence-electron chi connectivity index (χ2n) is 4.14. The van der Waals surface area contributed by atoms with Crippen molar-refractivity contribution >= 4 is 21.6 Å². The first-order valence-corrected chi connectivity index (χ1v) is 6.90. The standard InChI is InChI=1S/C14H12N2O2S/c1-2-15-11-8-9-19-12(11)13(17)16(14(15)18)10-6-4-3-5-7-10/h3-9H,2H2,1H3. The Kier molecular flexibility index (Phi) is 2.83. The molecule has 3 rings (SSSR count). The second kappa shape index (κ2) is 4.51. The van der Waals surface area contributed by atoms with Crippen LogP contribution in [0.2, 0.25) is 0 Å². The average molecular weight is 272 g/mol. The zero-order valence-corrected chi connectivity index (χ0v) is 11.2. The van der Waals surface area contributed by atoms with Crippen molar-refractivity contribution in [3.63, 3.8) is 0 Å². The molecule has 0 aliphatic heterocycles. The molecule has 2 heterocycles. The Hall–Kier alpha value is -2.14. The van der Waals surface area contributed by atoms with Gasteiger partial charge in [-0.3, -0.25) is 9.36 Å². The van der Waals surface area contributed by atoms with Gasteiger partial charge in [0, 0.05) is 6.54 Å². The predicted molar refractivity (Wildman–Crippen MR) is 77.4 cm³/mol. The lowest BCUT2D eigenvalue weighted by Gasteiger charge is -2.10. The van der Waals surface area contributed by atoms with Crippen molar-refractivity contribution in [2.75, 3.05) is 0 Å². The summed E-state index contributed by atoms with van der Waals surface area (Å²) in [5.74, 6) is 0. The number of thiophene rings is 1. The van der Waals surface area contributed by atoms with E-state index in [0.29, 0.717) is 16.9 Å². The monoisotopic (exact) mass is 272 g/mol. The maximum atomic E-state index is 12.5. The largest absolute Gasteiger partial charge is 0.336 e. The molecule has 5 heteroatoms. The molecular formula is C14H12N2O2S. The summed E-state index contributed by atoms with van der Waals surface area (Å²) in [5.41, 5.74) is 0.792. The number of aromatic nitrogens is 2. The van der Waals surface area contributed by atoms with E-state index in [1.165, 1.54) is 15.9 Å². The molecule has 0 bridgehead atoms. The summed E-state index contributed by atoms with van der Waals surface area (Å²) >= 11 is 1.37. The summed E-state index contributed by atoms with van der Waals surface area (Å²) in [6.45, 7) is 2.44. The van der Waals surface area contributed by atoms with Crippen molar-refractivity contribution in [3.8, 4) is 5.69 Å². The lowest BCUT2D eigenvalue weighted by molar-refractivity contribution is 0.693. The number of rotatable bonds is 2. The van der Waals surface area contributed by atoms with Gasteiger partial charge in [0.25, 0.3) is 5.56 Å². The van der Waals surface area contributed by atoms with E-state index in [0.717, 1.165) is 5.52 Å². The second-order valence-corrected chi connectivity index (χ2v) is 5.05. The molecule has 0 aliphatic carbocycles. The third-order valence-corrected chi connectivity index (χ3v) is 3.98. The first kappa shape index (κ1) is 11.9. The van der Waals surface area contributed by atoms with Gasteiger partial charge in [-0.25, -0.2) is 9.36 Å². The third-order valence-electron chi connectivity index (χ3n) is 3.09. The summed E-state index contributed by atoms with van der Waals surface area (Å²) in [5, 5.41) is 1.84. The zero-order chi connectivity index (χ0) is 13.4.